The Morgan fingerprint density at radius 1 is 1.25 bits per heavy atom. The molecule has 0 bridgehead atoms. The average Bonchev–Trinajstić information content (AvgIpc) is 3.42. The standard InChI is InChI=1S/C21H26BrClN4O3S2/c1-26(13-9-15-5-7-16(8-6-15)20-24-10-11-25-20)19(28)4-3-12-27(2)32(29,30)21-17(22)14-18(23)31-21/h5-8,14H,3-4,9-13H2,1-2H3,(H,24,25). The molecule has 0 saturated carbocycles. The number of thiophene rings is 1. The minimum absolute atomic E-state index is 0.00252. The van der Waals surface area contributed by atoms with E-state index >= 15 is 0 Å². The zero-order chi connectivity index (χ0) is 23.3. The second kappa shape index (κ2) is 11.1. The maximum Gasteiger partial charge on any atom is 0.253 e. The number of halogens is 2. The fraction of sp³-hybridized carbons (Fsp3) is 0.429. The van der Waals surface area contributed by atoms with Crippen LogP contribution in [0.1, 0.15) is 24.0 Å². The lowest BCUT2D eigenvalue weighted by atomic mass is 10.1. The van der Waals surface area contributed by atoms with Crippen LogP contribution in [-0.4, -0.2) is 69.6 Å². The molecule has 1 aromatic heterocycles. The molecule has 7 nitrogen and oxygen atoms in total. The van der Waals surface area contributed by atoms with Crippen LogP contribution in [0.5, 0.6) is 0 Å². The van der Waals surface area contributed by atoms with E-state index in [9.17, 15) is 13.2 Å². The molecule has 1 aliphatic rings. The summed E-state index contributed by atoms with van der Waals surface area (Å²) in [5.41, 5.74) is 2.23. The summed E-state index contributed by atoms with van der Waals surface area (Å²) in [4.78, 5) is 18.6. The third kappa shape index (κ3) is 6.32. The number of sulfonamides is 1. The van der Waals surface area contributed by atoms with Gasteiger partial charge in [0.1, 0.15) is 5.84 Å². The molecule has 2 aromatic rings. The van der Waals surface area contributed by atoms with Gasteiger partial charge in [0.05, 0.1) is 15.4 Å². The molecule has 1 amide bonds. The van der Waals surface area contributed by atoms with Crippen molar-refractivity contribution < 1.29 is 13.2 Å². The summed E-state index contributed by atoms with van der Waals surface area (Å²) < 4.78 is 27.7. The number of hydrogen-bond acceptors (Lipinski definition) is 6. The number of rotatable bonds is 10. The van der Waals surface area contributed by atoms with E-state index in [1.807, 2.05) is 12.1 Å². The lowest BCUT2D eigenvalue weighted by molar-refractivity contribution is -0.130. The molecular formula is C21H26BrClN4O3S2. The normalized spacial score (nSPS) is 13.8. The quantitative estimate of drug-likeness (QED) is 0.480. The topological polar surface area (TPSA) is 82.1 Å². The largest absolute Gasteiger partial charge is 0.368 e. The Morgan fingerprint density at radius 3 is 2.56 bits per heavy atom. The highest BCUT2D eigenvalue weighted by atomic mass is 79.9. The summed E-state index contributed by atoms with van der Waals surface area (Å²) in [6, 6.07) is 9.78. The molecule has 32 heavy (non-hydrogen) atoms. The van der Waals surface area contributed by atoms with Gasteiger partial charge in [0, 0.05) is 45.7 Å². The lowest BCUT2D eigenvalue weighted by Crippen LogP contribution is -2.31. The summed E-state index contributed by atoms with van der Waals surface area (Å²) in [5, 5.41) is 3.26. The molecule has 11 heteroatoms. The zero-order valence-electron chi connectivity index (χ0n) is 18.0. The number of aliphatic imine (C=N–C) groups is 1. The van der Waals surface area contributed by atoms with Gasteiger partial charge in [-0.15, -0.1) is 11.3 Å². The number of hydrogen-bond donors (Lipinski definition) is 1. The van der Waals surface area contributed by atoms with Gasteiger partial charge in [-0.2, -0.15) is 0 Å². The molecule has 0 saturated heterocycles. The van der Waals surface area contributed by atoms with Crippen LogP contribution in [0.4, 0.5) is 0 Å². The minimum atomic E-state index is -3.64. The first-order valence-electron chi connectivity index (χ1n) is 10.2. The van der Waals surface area contributed by atoms with Gasteiger partial charge in [0.15, 0.2) is 4.21 Å². The van der Waals surface area contributed by atoms with Crippen LogP contribution in [0.15, 0.2) is 44.0 Å². The van der Waals surface area contributed by atoms with Gasteiger partial charge in [-0.25, -0.2) is 12.7 Å². The van der Waals surface area contributed by atoms with Crippen LogP contribution in [-0.2, 0) is 21.2 Å². The smallest absolute Gasteiger partial charge is 0.253 e. The van der Waals surface area contributed by atoms with Crippen molar-refractivity contribution in [2.24, 2.45) is 4.99 Å². The summed E-state index contributed by atoms with van der Waals surface area (Å²) >= 11 is 10.2. The fourth-order valence-electron chi connectivity index (χ4n) is 3.25. The first-order valence-corrected chi connectivity index (χ1v) is 13.6. The lowest BCUT2D eigenvalue weighted by Gasteiger charge is -2.19. The van der Waals surface area contributed by atoms with Crippen LogP contribution >= 0.6 is 38.9 Å². The summed E-state index contributed by atoms with van der Waals surface area (Å²) in [7, 11) is -0.350. The van der Waals surface area contributed by atoms with Crippen molar-refractivity contribution in [2.45, 2.75) is 23.5 Å². The molecule has 0 fully saturated rings. The van der Waals surface area contributed by atoms with E-state index in [4.69, 9.17) is 11.6 Å². The van der Waals surface area contributed by atoms with Gasteiger partial charge in [-0.05, 0) is 40.4 Å². The third-order valence-corrected chi connectivity index (χ3v) is 9.98. The minimum Gasteiger partial charge on any atom is -0.368 e. The van der Waals surface area contributed by atoms with Gasteiger partial charge in [-0.1, -0.05) is 35.9 Å². The Morgan fingerprint density at radius 2 is 1.97 bits per heavy atom. The van der Waals surface area contributed by atoms with Gasteiger partial charge in [0.25, 0.3) is 10.0 Å². The van der Waals surface area contributed by atoms with Crippen molar-refractivity contribution in [3.63, 3.8) is 0 Å². The molecule has 0 unspecified atom stereocenters. The fourth-order valence-corrected chi connectivity index (χ4v) is 7.64. The van der Waals surface area contributed by atoms with E-state index in [1.165, 1.54) is 11.4 Å². The molecule has 2 heterocycles. The number of amidine groups is 1. The van der Waals surface area contributed by atoms with E-state index in [-0.39, 0.29) is 23.1 Å². The van der Waals surface area contributed by atoms with Crippen LogP contribution < -0.4 is 5.32 Å². The molecule has 0 aliphatic carbocycles. The third-order valence-electron chi connectivity index (χ3n) is 5.20. The first-order chi connectivity index (χ1) is 15.2. The molecule has 0 radical (unpaired) electrons. The van der Waals surface area contributed by atoms with E-state index < -0.39 is 10.0 Å². The Kier molecular flexibility index (Phi) is 8.74. The van der Waals surface area contributed by atoms with Gasteiger partial charge >= 0.3 is 0 Å². The predicted molar refractivity (Wildman–Crippen MR) is 133 cm³/mol. The molecule has 174 valence electrons. The number of amides is 1. The van der Waals surface area contributed by atoms with Gasteiger partial charge < -0.3 is 10.2 Å². The number of carbonyl (C=O) groups is 1. The Hall–Kier alpha value is -1.46. The maximum atomic E-state index is 12.7. The van der Waals surface area contributed by atoms with Gasteiger partial charge in [0.2, 0.25) is 5.91 Å². The molecule has 1 aromatic carbocycles. The monoisotopic (exact) mass is 560 g/mol. The number of carbonyl (C=O) groups excluding carboxylic acids is 1. The first kappa shape index (κ1) is 25.2. The van der Waals surface area contributed by atoms with Crippen molar-refractivity contribution in [1.29, 1.82) is 0 Å². The van der Waals surface area contributed by atoms with Crippen molar-refractivity contribution in [2.75, 3.05) is 40.3 Å². The Labute approximate surface area is 206 Å². The summed E-state index contributed by atoms with van der Waals surface area (Å²) in [6.45, 7) is 2.55. The van der Waals surface area contributed by atoms with Crippen LogP contribution in [0.3, 0.4) is 0 Å². The summed E-state index contributed by atoms with van der Waals surface area (Å²) in [6.07, 6.45) is 1.48. The van der Waals surface area contributed by atoms with E-state index in [1.54, 1.807) is 18.0 Å². The molecular weight excluding hydrogens is 536 g/mol. The predicted octanol–water partition coefficient (Wildman–Crippen LogP) is 3.62. The molecule has 0 spiro atoms. The second-order valence-electron chi connectivity index (χ2n) is 7.54. The maximum absolute atomic E-state index is 12.7. The highest BCUT2D eigenvalue weighted by Gasteiger charge is 2.26. The number of likely N-dealkylation sites (N-methyl/N-ethyl adjacent to an activating group) is 1. The van der Waals surface area contributed by atoms with Crippen molar-refractivity contribution in [1.82, 2.24) is 14.5 Å². The SMILES string of the molecule is CN(CCc1ccc(C2=NCCN2)cc1)C(=O)CCCN(C)S(=O)(=O)c1sc(Cl)cc1Br. The Bertz CT molecular complexity index is 1090. The highest BCUT2D eigenvalue weighted by Crippen LogP contribution is 2.35. The van der Waals surface area contributed by atoms with Crippen LogP contribution in [0.25, 0.3) is 0 Å². The van der Waals surface area contributed by atoms with E-state index in [0.717, 1.165) is 47.8 Å². The zero-order valence-corrected chi connectivity index (χ0v) is 22.0. The van der Waals surface area contributed by atoms with Crippen LogP contribution in [0.2, 0.25) is 4.34 Å². The van der Waals surface area contributed by atoms with Crippen molar-refractivity contribution in [3.8, 4) is 0 Å². The number of nitrogens with zero attached hydrogens (tertiary/aromatic N) is 3. The van der Waals surface area contributed by atoms with Crippen LogP contribution in [0, 0.1) is 0 Å². The second-order valence-corrected chi connectivity index (χ2v) is 12.3. The summed E-state index contributed by atoms with van der Waals surface area (Å²) in [5.74, 6) is 0.933. The number of benzene rings is 1. The van der Waals surface area contributed by atoms with Crippen molar-refractivity contribution >= 4 is 60.6 Å². The molecule has 1 N–H and O–H groups in total. The molecule has 3 rings (SSSR count). The number of nitrogens with one attached hydrogen (secondary N) is 1. The molecule has 1 aliphatic heterocycles. The van der Waals surface area contributed by atoms with Crippen molar-refractivity contribution in [3.05, 3.63) is 50.3 Å². The Balaban J connectivity index is 1.43. The van der Waals surface area contributed by atoms with E-state index in [0.29, 0.717) is 21.8 Å². The molecule has 0 atom stereocenters. The average molecular weight is 562 g/mol. The van der Waals surface area contributed by atoms with E-state index in [2.05, 4.69) is 38.4 Å². The van der Waals surface area contributed by atoms with Gasteiger partial charge in [-0.3, -0.25) is 9.79 Å². The highest BCUT2D eigenvalue weighted by molar-refractivity contribution is 9.10.